The molecule has 10 heavy (non-hydrogen) atoms. The van der Waals surface area contributed by atoms with Gasteiger partial charge < -0.3 is 15.2 Å². The Morgan fingerprint density at radius 1 is 1.50 bits per heavy atom. The maximum absolute atomic E-state index is 8.29. The Morgan fingerprint density at radius 3 is 2.30 bits per heavy atom. The molecule has 0 saturated heterocycles. The van der Waals surface area contributed by atoms with Crippen LogP contribution in [0.25, 0.3) is 0 Å². The fourth-order valence-electron chi connectivity index (χ4n) is 0.549. The van der Waals surface area contributed by atoms with Crippen LogP contribution in [-0.4, -0.2) is 26.6 Å². The first-order valence-corrected chi connectivity index (χ1v) is 2.95. The van der Waals surface area contributed by atoms with Crippen molar-refractivity contribution in [2.24, 2.45) is 5.73 Å². The molecule has 0 radical (unpaired) electrons. The van der Waals surface area contributed by atoms with Gasteiger partial charge in [0.05, 0.1) is 12.1 Å². The maximum Gasteiger partial charge on any atom is 0.159 e. The summed E-state index contributed by atoms with van der Waals surface area (Å²) in [5, 5.41) is 8.29. The fraction of sp³-hybridized carbons (Fsp3) is 0.833. The third-order valence-electron chi connectivity index (χ3n) is 1.14. The summed E-state index contributed by atoms with van der Waals surface area (Å²) in [6.45, 7) is 0. The summed E-state index contributed by atoms with van der Waals surface area (Å²) >= 11 is 0. The first-order chi connectivity index (χ1) is 4.74. The van der Waals surface area contributed by atoms with Gasteiger partial charge in [-0.3, -0.25) is 0 Å². The average Bonchev–Trinajstić information content (AvgIpc) is 1.99. The summed E-state index contributed by atoms with van der Waals surface area (Å²) in [4.78, 5) is 0. The highest BCUT2D eigenvalue weighted by molar-refractivity contribution is 4.86. The summed E-state index contributed by atoms with van der Waals surface area (Å²) in [7, 11) is 3.02. The number of hydrogen-bond acceptors (Lipinski definition) is 4. The monoisotopic (exact) mass is 144 g/mol. The number of nitrogens with two attached hydrogens (primary N) is 1. The van der Waals surface area contributed by atoms with Gasteiger partial charge in [0.15, 0.2) is 6.29 Å². The largest absolute Gasteiger partial charge is 0.356 e. The van der Waals surface area contributed by atoms with Crippen LogP contribution in [0.2, 0.25) is 0 Å². The topological polar surface area (TPSA) is 68.3 Å². The molecule has 4 heteroatoms. The van der Waals surface area contributed by atoms with Crippen molar-refractivity contribution in [3.05, 3.63) is 0 Å². The summed E-state index contributed by atoms with van der Waals surface area (Å²) in [5.74, 6) is 0. The molecule has 0 amide bonds. The van der Waals surface area contributed by atoms with E-state index in [1.807, 2.05) is 6.07 Å². The van der Waals surface area contributed by atoms with Crippen molar-refractivity contribution >= 4 is 0 Å². The Balaban J connectivity index is 3.54. The zero-order valence-corrected chi connectivity index (χ0v) is 6.20. The van der Waals surface area contributed by atoms with Crippen molar-refractivity contribution in [3.63, 3.8) is 0 Å². The molecule has 0 heterocycles. The highest BCUT2D eigenvalue weighted by Gasteiger charge is 2.09. The number of nitrogens with zero attached hydrogens (tertiary/aromatic N) is 1. The number of ether oxygens (including phenoxy) is 2. The second-order valence-corrected chi connectivity index (χ2v) is 1.87. The third-order valence-corrected chi connectivity index (χ3v) is 1.14. The molecule has 0 aromatic carbocycles. The Kier molecular flexibility index (Phi) is 4.85. The van der Waals surface area contributed by atoms with Gasteiger partial charge in [0.25, 0.3) is 0 Å². The molecule has 0 rings (SSSR count). The molecule has 0 aromatic rings. The lowest BCUT2D eigenvalue weighted by Gasteiger charge is -2.13. The van der Waals surface area contributed by atoms with Crippen molar-refractivity contribution in [1.82, 2.24) is 0 Å². The average molecular weight is 144 g/mol. The van der Waals surface area contributed by atoms with Crippen molar-refractivity contribution in [2.45, 2.75) is 18.8 Å². The van der Waals surface area contributed by atoms with E-state index in [0.29, 0.717) is 6.42 Å². The highest BCUT2D eigenvalue weighted by atomic mass is 16.7. The molecule has 0 spiro atoms. The van der Waals surface area contributed by atoms with Gasteiger partial charge in [-0.1, -0.05) is 0 Å². The molecular weight excluding hydrogens is 132 g/mol. The van der Waals surface area contributed by atoms with E-state index in [9.17, 15) is 0 Å². The standard InChI is InChI=1S/C6H12N2O2/c1-9-6(10-2)3-5(8)4-7/h5-6H,3,8H2,1-2H3. The molecule has 1 atom stereocenters. The molecular formula is C6H12N2O2. The molecule has 0 aliphatic rings. The third kappa shape index (κ3) is 3.41. The van der Waals surface area contributed by atoms with Crippen molar-refractivity contribution in [2.75, 3.05) is 14.2 Å². The molecule has 0 aromatic heterocycles. The van der Waals surface area contributed by atoms with Crippen LogP contribution < -0.4 is 5.73 Å². The molecule has 0 bridgehead atoms. The van der Waals surface area contributed by atoms with Crippen molar-refractivity contribution in [3.8, 4) is 6.07 Å². The number of methoxy groups -OCH3 is 2. The zero-order valence-electron chi connectivity index (χ0n) is 6.20. The van der Waals surface area contributed by atoms with Crippen molar-refractivity contribution in [1.29, 1.82) is 5.26 Å². The van der Waals surface area contributed by atoms with Gasteiger partial charge in [0.2, 0.25) is 0 Å². The van der Waals surface area contributed by atoms with Gasteiger partial charge in [-0.15, -0.1) is 0 Å². The van der Waals surface area contributed by atoms with E-state index in [-0.39, 0.29) is 6.29 Å². The molecule has 0 aliphatic heterocycles. The minimum Gasteiger partial charge on any atom is -0.356 e. The molecule has 0 fully saturated rings. The van der Waals surface area contributed by atoms with Crippen LogP contribution >= 0.6 is 0 Å². The molecule has 4 nitrogen and oxygen atoms in total. The summed E-state index contributed by atoms with van der Waals surface area (Å²) in [6.07, 6.45) is 0.0402. The lowest BCUT2D eigenvalue weighted by Crippen LogP contribution is -2.26. The quantitative estimate of drug-likeness (QED) is 0.557. The predicted octanol–water partition coefficient (Wildman–Crippen LogP) is -0.154. The van der Waals surface area contributed by atoms with Gasteiger partial charge in [-0.05, 0) is 0 Å². The van der Waals surface area contributed by atoms with Crippen LogP contribution in [0.5, 0.6) is 0 Å². The minimum atomic E-state index is -0.509. The van der Waals surface area contributed by atoms with Gasteiger partial charge in [-0.2, -0.15) is 5.26 Å². The van der Waals surface area contributed by atoms with Gasteiger partial charge in [0, 0.05) is 20.6 Å². The lowest BCUT2D eigenvalue weighted by atomic mass is 10.2. The Hall–Kier alpha value is -0.630. The van der Waals surface area contributed by atoms with Crippen molar-refractivity contribution < 1.29 is 9.47 Å². The van der Waals surface area contributed by atoms with Crippen LogP contribution in [0.4, 0.5) is 0 Å². The number of hydrogen-bond donors (Lipinski definition) is 1. The fourth-order valence-corrected chi connectivity index (χ4v) is 0.549. The van der Waals surface area contributed by atoms with E-state index in [4.69, 9.17) is 20.5 Å². The SMILES string of the molecule is COC(CC(N)C#N)OC. The minimum absolute atomic E-state index is 0.366. The Labute approximate surface area is 60.5 Å². The van der Waals surface area contributed by atoms with Gasteiger partial charge in [0.1, 0.15) is 0 Å². The summed E-state index contributed by atoms with van der Waals surface area (Å²) in [5.41, 5.74) is 5.30. The predicted molar refractivity (Wildman–Crippen MR) is 36.0 cm³/mol. The van der Waals surface area contributed by atoms with Crippen LogP contribution in [0.15, 0.2) is 0 Å². The molecule has 0 aliphatic carbocycles. The van der Waals surface area contributed by atoms with E-state index in [1.165, 1.54) is 14.2 Å². The van der Waals surface area contributed by atoms with E-state index in [0.717, 1.165) is 0 Å². The molecule has 1 unspecified atom stereocenters. The van der Waals surface area contributed by atoms with Crippen LogP contribution in [0, 0.1) is 11.3 Å². The maximum atomic E-state index is 8.29. The Bertz CT molecular complexity index is 117. The van der Waals surface area contributed by atoms with Crippen LogP contribution in [0.1, 0.15) is 6.42 Å². The van der Waals surface area contributed by atoms with Crippen LogP contribution in [-0.2, 0) is 9.47 Å². The first-order valence-electron chi connectivity index (χ1n) is 2.95. The number of nitriles is 1. The van der Waals surface area contributed by atoms with E-state index in [2.05, 4.69) is 0 Å². The number of rotatable bonds is 4. The zero-order chi connectivity index (χ0) is 7.98. The molecule has 2 N–H and O–H groups in total. The second-order valence-electron chi connectivity index (χ2n) is 1.87. The second kappa shape index (κ2) is 5.18. The molecule has 58 valence electrons. The van der Waals surface area contributed by atoms with E-state index < -0.39 is 6.04 Å². The van der Waals surface area contributed by atoms with E-state index in [1.54, 1.807) is 0 Å². The molecule has 0 saturated carbocycles. The van der Waals surface area contributed by atoms with Crippen LogP contribution in [0.3, 0.4) is 0 Å². The Morgan fingerprint density at radius 2 is 2.00 bits per heavy atom. The highest BCUT2D eigenvalue weighted by Crippen LogP contribution is 1.99. The lowest BCUT2D eigenvalue weighted by molar-refractivity contribution is -0.107. The van der Waals surface area contributed by atoms with Gasteiger partial charge in [-0.25, -0.2) is 0 Å². The normalized spacial score (nSPS) is 13.1. The van der Waals surface area contributed by atoms with Gasteiger partial charge >= 0.3 is 0 Å². The summed E-state index contributed by atoms with van der Waals surface area (Å²) < 4.78 is 9.64. The first kappa shape index (κ1) is 9.37. The summed E-state index contributed by atoms with van der Waals surface area (Å²) in [6, 6.07) is 1.37. The smallest absolute Gasteiger partial charge is 0.159 e. The van der Waals surface area contributed by atoms with E-state index >= 15 is 0 Å².